The number of para-hydroxylation sites is 2. The molecule has 0 aromatic heterocycles. The van der Waals surface area contributed by atoms with E-state index in [0.717, 1.165) is 0 Å². The van der Waals surface area contributed by atoms with Crippen molar-refractivity contribution in [3.8, 4) is 11.5 Å². The van der Waals surface area contributed by atoms with Crippen molar-refractivity contribution >= 4 is 15.7 Å². The summed E-state index contributed by atoms with van der Waals surface area (Å²) in [6, 6.07) is 16.1. The molecule has 26 heavy (non-hydrogen) atoms. The molecule has 0 fully saturated rings. The summed E-state index contributed by atoms with van der Waals surface area (Å²) in [4.78, 5) is 12.2. The normalized spacial score (nSPS) is 13.1. The summed E-state index contributed by atoms with van der Waals surface area (Å²) in [5, 5.41) is 1.57. The van der Waals surface area contributed by atoms with Gasteiger partial charge in [0, 0.05) is 11.1 Å². The van der Waals surface area contributed by atoms with Crippen LogP contribution in [0, 0.1) is 0 Å². The monoisotopic (exact) mass is 375 g/mol. The average Bonchev–Trinajstić information content (AvgIpc) is 2.55. The molecule has 0 aliphatic rings. The molecule has 0 spiro atoms. The molecule has 2 aromatic rings. The van der Waals surface area contributed by atoms with E-state index in [1.54, 1.807) is 36.4 Å². The van der Waals surface area contributed by atoms with Gasteiger partial charge < -0.3 is 10.1 Å². The number of hydrogen-bond acceptors (Lipinski definition) is 4. The van der Waals surface area contributed by atoms with Crippen LogP contribution in [0.25, 0.3) is 0 Å². The molecular weight excluding hydrogens is 350 g/mol. The minimum atomic E-state index is -3.69. The molecule has 2 rings (SSSR count). The summed E-state index contributed by atoms with van der Waals surface area (Å²) in [5.74, 6) is 0.315. The van der Waals surface area contributed by atoms with E-state index in [4.69, 9.17) is 4.74 Å². The second-order valence-electron chi connectivity index (χ2n) is 7.21. The number of amides is 1. The molecule has 0 heterocycles. The zero-order chi connectivity index (χ0) is 19.4. The van der Waals surface area contributed by atoms with Crippen molar-refractivity contribution < 1.29 is 17.9 Å². The molecule has 0 aliphatic heterocycles. The summed E-state index contributed by atoms with van der Waals surface area (Å²) >= 11 is 0. The first kappa shape index (κ1) is 20.0. The summed E-state index contributed by atoms with van der Waals surface area (Å²) in [6.45, 7) is 6.85. The Bertz CT molecular complexity index is 855. The number of nitrogens with one attached hydrogen (secondary N) is 1. The minimum absolute atomic E-state index is 0.269. The van der Waals surface area contributed by atoms with Crippen LogP contribution in [0.15, 0.2) is 54.6 Å². The van der Waals surface area contributed by atoms with Gasteiger partial charge in [0.05, 0.1) is 5.75 Å². The molecule has 2 aromatic carbocycles. The van der Waals surface area contributed by atoms with Gasteiger partial charge in [0.2, 0.25) is 5.91 Å². The van der Waals surface area contributed by atoms with Crippen LogP contribution in [0.4, 0.5) is 0 Å². The Kier molecular flexibility index (Phi) is 6.08. The van der Waals surface area contributed by atoms with E-state index in [1.807, 2.05) is 39.0 Å². The Morgan fingerprint density at radius 2 is 1.62 bits per heavy atom. The number of rotatable bonds is 6. The fourth-order valence-electron chi connectivity index (χ4n) is 2.31. The Balaban J connectivity index is 2.20. The summed E-state index contributed by atoms with van der Waals surface area (Å²) in [6.07, 6.45) is 0. The van der Waals surface area contributed by atoms with Crippen LogP contribution in [0.2, 0.25) is 0 Å². The second kappa shape index (κ2) is 7.91. The molecule has 5 nitrogen and oxygen atoms in total. The minimum Gasteiger partial charge on any atom is -0.457 e. The van der Waals surface area contributed by atoms with Gasteiger partial charge in [0.15, 0.2) is 9.84 Å². The molecule has 0 aliphatic carbocycles. The van der Waals surface area contributed by atoms with Gasteiger partial charge in [-0.1, -0.05) is 36.4 Å². The van der Waals surface area contributed by atoms with Crippen molar-refractivity contribution in [2.24, 2.45) is 0 Å². The maximum atomic E-state index is 12.7. The van der Waals surface area contributed by atoms with E-state index >= 15 is 0 Å². The van der Waals surface area contributed by atoms with Gasteiger partial charge in [-0.05, 0) is 45.9 Å². The first-order chi connectivity index (χ1) is 12.1. The quantitative estimate of drug-likeness (QED) is 0.836. The Morgan fingerprint density at radius 3 is 2.23 bits per heavy atom. The predicted molar refractivity (Wildman–Crippen MR) is 103 cm³/mol. The Labute approximate surface area is 155 Å². The highest BCUT2D eigenvalue weighted by molar-refractivity contribution is 7.92. The third-order valence-corrected chi connectivity index (χ3v) is 5.71. The second-order valence-corrected chi connectivity index (χ2v) is 9.53. The third-order valence-electron chi connectivity index (χ3n) is 3.71. The Morgan fingerprint density at radius 1 is 1.04 bits per heavy atom. The average molecular weight is 375 g/mol. The molecule has 0 saturated carbocycles. The van der Waals surface area contributed by atoms with Gasteiger partial charge in [-0.15, -0.1) is 0 Å². The number of ether oxygens (including phenoxy) is 1. The number of carbonyl (C=O) groups excluding carboxylic acids is 1. The van der Waals surface area contributed by atoms with E-state index in [9.17, 15) is 13.2 Å². The first-order valence-electron chi connectivity index (χ1n) is 8.43. The number of sulfone groups is 1. The van der Waals surface area contributed by atoms with E-state index < -0.39 is 26.5 Å². The zero-order valence-corrected chi connectivity index (χ0v) is 16.3. The molecule has 1 atom stereocenters. The highest BCUT2D eigenvalue weighted by atomic mass is 32.2. The van der Waals surface area contributed by atoms with E-state index in [0.29, 0.717) is 17.1 Å². The van der Waals surface area contributed by atoms with Crippen LogP contribution in [0.3, 0.4) is 0 Å². The van der Waals surface area contributed by atoms with Gasteiger partial charge in [-0.3, -0.25) is 4.79 Å². The van der Waals surface area contributed by atoms with Crippen molar-refractivity contribution in [3.05, 3.63) is 60.2 Å². The lowest BCUT2D eigenvalue weighted by molar-refractivity contribution is -0.121. The van der Waals surface area contributed by atoms with Crippen molar-refractivity contribution in [2.45, 2.75) is 44.2 Å². The fourth-order valence-corrected chi connectivity index (χ4v) is 3.62. The molecule has 1 amide bonds. The van der Waals surface area contributed by atoms with Crippen LogP contribution in [-0.2, 0) is 20.4 Å². The molecular formula is C20H25NO4S. The summed E-state index contributed by atoms with van der Waals surface area (Å²) < 4.78 is 31.2. The zero-order valence-electron chi connectivity index (χ0n) is 15.5. The molecule has 0 saturated heterocycles. The van der Waals surface area contributed by atoms with Crippen LogP contribution in [0.1, 0.15) is 33.3 Å². The van der Waals surface area contributed by atoms with Crippen LogP contribution < -0.4 is 10.1 Å². The first-order valence-corrected chi connectivity index (χ1v) is 10.1. The van der Waals surface area contributed by atoms with Gasteiger partial charge in [-0.2, -0.15) is 0 Å². The number of hydrogen-bond donors (Lipinski definition) is 1. The lowest BCUT2D eigenvalue weighted by Crippen LogP contribution is -2.47. The van der Waals surface area contributed by atoms with Crippen LogP contribution in [0.5, 0.6) is 11.5 Å². The smallest absolute Gasteiger partial charge is 0.238 e. The lowest BCUT2D eigenvalue weighted by Gasteiger charge is -2.23. The van der Waals surface area contributed by atoms with Crippen LogP contribution >= 0.6 is 0 Å². The maximum absolute atomic E-state index is 12.7. The topological polar surface area (TPSA) is 72.5 Å². The fraction of sp³-hybridized carbons (Fsp3) is 0.350. The van der Waals surface area contributed by atoms with Crippen LogP contribution in [-0.4, -0.2) is 25.1 Å². The van der Waals surface area contributed by atoms with Gasteiger partial charge >= 0.3 is 0 Å². The van der Waals surface area contributed by atoms with E-state index in [1.165, 1.54) is 6.92 Å². The summed E-state index contributed by atoms with van der Waals surface area (Å²) in [5.41, 5.74) is 0.0293. The van der Waals surface area contributed by atoms with Crippen molar-refractivity contribution in [2.75, 3.05) is 0 Å². The number of carbonyl (C=O) groups is 1. The number of benzene rings is 2. The third kappa shape index (κ3) is 5.59. The van der Waals surface area contributed by atoms with Gasteiger partial charge in [0.25, 0.3) is 0 Å². The van der Waals surface area contributed by atoms with Crippen molar-refractivity contribution in [3.63, 3.8) is 0 Å². The highest BCUT2D eigenvalue weighted by Crippen LogP contribution is 2.27. The maximum Gasteiger partial charge on any atom is 0.238 e. The molecule has 0 bridgehead atoms. The van der Waals surface area contributed by atoms with Crippen molar-refractivity contribution in [1.29, 1.82) is 0 Å². The van der Waals surface area contributed by atoms with Crippen molar-refractivity contribution in [1.82, 2.24) is 5.32 Å². The molecule has 6 heteroatoms. The Hall–Kier alpha value is -2.34. The predicted octanol–water partition coefficient (Wildman–Crippen LogP) is 3.70. The molecule has 1 unspecified atom stereocenters. The summed E-state index contributed by atoms with van der Waals surface area (Å²) in [7, 11) is -3.69. The molecule has 140 valence electrons. The molecule has 0 radical (unpaired) electrons. The lowest BCUT2D eigenvalue weighted by atomic mass is 10.1. The standard InChI is InChI=1S/C20H25NO4S/c1-15(19(22)21-20(2,3)4)26(23,24)14-16-10-8-9-13-18(16)25-17-11-6-5-7-12-17/h5-13,15H,14H2,1-4H3,(H,21,22). The molecule has 1 N–H and O–H groups in total. The van der Waals surface area contributed by atoms with Gasteiger partial charge in [0.1, 0.15) is 16.7 Å². The largest absolute Gasteiger partial charge is 0.457 e. The van der Waals surface area contributed by atoms with Gasteiger partial charge in [-0.25, -0.2) is 8.42 Å². The highest BCUT2D eigenvalue weighted by Gasteiger charge is 2.31. The van der Waals surface area contributed by atoms with E-state index in [-0.39, 0.29) is 5.75 Å². The van der Waals surface area contributed by atoms with E-state index in [2.05, 4.69) is 5.32 Å². The SMILES string of the molecule is CC(C(=O)NC(C)(C)C)S(=O)(=O)Cc1ccccc1Oc1ccccc1.